The normalized spacial score (nSPS) is 13.6. The fourth-order valence-electron chi connectivity index (χ4n) is 3.27. The average molecular weight is 370 g/mol. The minimum absolute atomic E-state index is 0.129. The first-order chi connectivity index (χ1) is 12.1. The first-order valence-electron chi connectivity index (χ1n) is 9.86. The van der Waals surface area contributed by atoms with Crippen molar-refractivity contribution in [1.82, 2.24) is 4.98 Å². The second-order valence-corrected chi connectivity index (χ2v) is 7.89. The van der Waals surface area contributed by atoms with Crippen molar-refractivity contribution in [3.63, 3.8) is 0 Å². The Morgan fingerprint density at radius 3 is 2.48 bits per heavy atom. The van der Waals surface area contributed by atoms with E-state index in [1.54, 1.807) is 11.3 Å². The first kappa shape index (κ1) is 21.9. The Labute approximate surface area is 157 Å². The van der Waals surface area contributed by atoms with Gasteiger partial charge in [-0.2, -0.15) is 0 Å². The van der Waals surface area contributed by atoms with Gasteiger partial charge in [0.1, 0.15) is 0 Å². The van der Waals surface area contributed by atoms with Crippen molar-refractivity contribution < 1.29 is 4.92 Å². The molecule has 1 aromatic rings. The minimum Gasteiger partial charge on any atom is -0.345 e. The fraction of sp³-hybridized carbons (Fsp3) is 0.842. The van der Waals surface area contributed by atoms with Crippen molar-refractivity contribution in [1.29, 1.82) is 0 Å². The van der Waals surface area contributed by atoms with Gasteiger partial charge in [-0.1, -0.05) is 46.0 Å². The summed E-state index contributed by atoms with van der Waals surface area (Å²) in [7, 11) is 0. The fourth-order valence-corrected chi connectivity index (χ4v) is 4.04. The van der Waals surface area contributed by atoms with Gasteiger partial charge in [-0.05, 0) is 32.6 Å². The zero-order valence-electron chi connectivity index (χ0n) is 16.2. The molecule has 0 amide bonds. The largest absolute Gasteiger partial charge is 0.345 e. The molecule has 1 aromatic heterocycles. The van der Waals surface area contributed by atoms with Crippen molar-refractivity contribution in [2.24, 2.45) is 5.92 Å². The molecule has 1 heterocycles. The van der Waals surface area contributed by atoms with Gasteiger partial charge in [-0.15, -0.1) is 11.3 Å². The zero-order chi connectivity index (χ0) is 18.5. The highest BCUT2D eigenvalue weighted by molar-refractivity contribution is 7.13. The Balaban J connectivity index is 2.46. The third-order valence-electron chi connectivity index (χ3n) is 4.81. The Morgan fingerprint density at radius 1 is 1.16 bits per heavy atom. The van der Waals surface area contributed by atoms with Crippen molar-refractivity contribution in [2.45, 2.75) is 84.6 Å². The molecule has 5 nitrogen and oxygen atoms in total. The van der Waals surface area contributed by atoms with Gasteiger partial charge < -0.3 is 4.90 Å². The summed E-state index contributed by atoms with van der Waals surface area (Å²) in [5, 5.41) is 14.0. The standard InChI is InChI=1S/C19H35N3O2S/c1-4-6-8-11-18(16-22(23)24)12-9-10-17(3)21(14-7-5-2)19-20-13-15-25-19/h13,15,17-18H,4-12,14,16H2,1-3H3. The Morgan fingerprint density at radius 2 is 1.88 bits per heavy atom. The van der Waals surface area contributed by atoms with E-state index in [0.717, 1.165) is 43.8 Å². The van der Waals surface area contributed by atoms with E-state index in [9.17, 15) is 10.1 Å². The van der Waals surface area contributed by atoms with E-state index in [1.165, 1.54) is 25.7 Å². The molecule has 0 aliphatic heterocycles. The second-order valence-electron chi connectivity index (χ2n) is 7.02. The van der Waals surface area contributed by atoms with Gasteiger partial charge in [0.25, 0.3) is 0 Å². The van der Waals surface area contributed by atoms with Gasteiger partial charge >= 0.3 is 0 Å². The molecule has 25 heavy (non-hydrogen) atoms. The summed E-state index contributed by atoms with van der Waals surface area (Å²) in [6.07, 6.45) is 11.8. The van der Waals surface area contributed by atoms with E-state index in [2.05, 4.69) is 30.7 Å². The molecule has 6 heteroatoms. The predicted octanol–water partition coefficient (Wildman–Crippen LogP) is 5.78. The van der Waals surface area contributed by atoms with Crippen LogP contribution in [0, 0.1) is 16.0 Å². The first-order valence-corrected chi connectivity index (χ1v) is 10.7. The maximum Gasteiger partial charge on any atom is 0.206 e. The van der Waals surface area contributed by atoms with Crippen molar-refractivity contribution in [3.05, 3.63) is 21.7 Å². The number of unbranched alkanes of at least 4 members (excludes halogenated alkanes) is 3. The van der Waals surface area contributed by atoms with E-state index in [-0.39, 0.29) is 17.4 Å². The van der Waals surface area contributed by atoms with Crippen molar-refractivity contribution >= 4 is 16.5 Å². The number of nitro groups is 1. The maximum atomic E-state index is 10.9. The quantitative estimate of drug-likeness (QED) is 0.223. The topological polar surface area (TPSA) is 59.3 Å². The highest BCUT2D eigenvalue weighted by Gasteiger charge is 2.19. The van der Waals surface area contributed by atoms with Crippen LogP contribution in [0.4, 0.5) is 5.13 Å². The van der Waals surface area contributed by atoms with Crippen LogP contribution in [-0.4, -0.2) is 29.0 Å². The summed E-state index contributed by atoms with van der Waals surface area (Å²) in [4.78, 5) is 17.7. The summed E-state index contributed by atoms with van der Waals surface area (Å²) < 4.78 is 0. The lowest BCUT2D eigenvalue weighted by Crippen LogP contribution is -2.34. The molecule has 0 aliphatic rings. The number of rotatable bonds is 15. The molecule has 0 N–H and O–H groups in total. The van der Waals surface area contributed by atoms with Crippen LogP contribution in [-0.2, 0) is 0 Å². The predicted molar refractivity (Wildman–Crippen MR) is 107 cm³/mol. The SMILES string of the molecule is CCCCCC(CCCC(C)N(CCCC)c1nccs1)C[N+](=O)[O-]. The van der Waals surface area contributed by atoms with Crippen LogP contribution < -0.4 is 4.90 Å². The molecule has 0 fully saturated rings. The molecule has 0 aliphatic carbocycles. The van der Waals surface area contributed by atoms with Crippen LogP contribution in [0.5, 0.6) is 0 Å². The van der Waals surface area contributed by atoms with Crippen LogP contribution in [0.2, 0.25) is 0 Å². The van der Waals surface area contributed by atoms with Gasteiger partial charge in [0, 0.05) is 35.0 Å². The summed E-state index contributed by atoms with van der Waals surface area (Å²) in [6, 6.07) is 0.435. The second kappa shape index (κ2) is 13.1. The van der Waals surface area contributed by atoms with Crippen molar-refractivity contribution in [2.75, 3.05) is 18.0 Å². The summed E-state index contributed by atoms with van der Waals surface area (Å²) in [5.74, 6) is 0.234. The molecule has 0 radical (unpaired) electrons. The van der Waals surface area contributed by atoms with Gasteiger partial charge in [0.05, 0.1) is 0 Å². The minimum atomic E-state index is -0.136. The van der Waals surface area contributed by atoms with E-state index in [1.807, 2.05) is 11.6 Å². The number of thiazole rings is 1. The van der Waals surface area contributed by atoms with Gasteiger partial charge in [0.2, 0.25) is 6.54 Å². The summed E-state index contributed by atoms with van der Waals surface area (Å²) >= 11 is 1.70. The highest BCUT2D eigenvalue weighted by atomic mass is 32.1. The molecule has 0 aromatic carbocycles. The van der Waals surface area contributed by atoms with E-state index >= 15 is 0 Å². The van der Waals surface area contributed by atoms with E-state index in [4.69, 9.17) is 0 Å². The molecule has 0 saturated carbocycles. The number of hydrogen-bond acceptors (Lipinski definition) is 5. The summed E-state index contributed by atoms with van der Waals surface area (Å²) in [6.45, 7) is 7.82. The van der Waals surface area contributed by atoms with Crippen LogP contribution in [0.15, 0.2) is 11.6 Å². The number of hydrogen-bond donors (Lipinski definition) is 0. The van der Waals surface area contributed by atoms with Crippen LogP contribution in [0.3, 0.4) is 0 Å². The number of anilines is 1. The molecule has 2 atom stereocenters. The van der Waals surface area contributed by atoms with Crippen molar-refractivity contribution in [3.8, 4) is 0 Å². The lowest BCUT2D eigenvalue weighted by atomic mass is 9.94. The third kappa shape index (κ3) is 9.19. The highest BCUT2D eigenvalue weighted by Crippen LogP contribution is 2.24. The Hall–Kier alpha value is -1.17. The molecule has 0 saturated heterocycles. The van der Waals surface area contributed by atoms with Gasteiger partial charge in [-0.25, -0.2) is 4.98 Å². The molecular formula is C19H35N3O2S. The number of nitrogens with zero attached hydrogens (tertiary/aromatic N) is 3. The van der Waals surface area contributed by atoms with E-state index in [0.29, 0.717) is 6.04 Å². The van der Waals surface area contributed by atoms with Crippen LogP contribution >= 0.6 is 11.3 Å². The lowest BCUT2D eigenvalue weighted by molar-refractivity contribution is -0.488. The van der Waals surface area contributed by atoms with Gasteiger partial charge in [0.15, 0.2) is 5.13 Å². The molecule has 2 unspecified atom stereocenters. The van der Waals surface area contributed by atoms with E-state index < -0.39 is 0 Å². The van der Waals surface area contributed by atoms with Crippen LogP contribution in [0.25, 0.3) is 0 Å². The molecule has 144 valence electrons. The zero-order valence-corrected chi connectivity index (χ0v) is 17.0. The smallest absolute Gasteiger partial charge is 0.206 e. The monoisotopic (exact) mass is 369 g/mol. The Kier molecular flexibility index (Phi) is 11.5. The lowest BCUT2D eigenvalue weighted by Gasteiger charge is -2.29. The molecule has 0 bridgehead atoms. The number of aromatic nitrogens is 1. The average Bonchev–Trinajstić information content (AvgIpc) is 3.09. The summed E-state index contributed by atoms with van der Waals surface area (Å²) in [5.41, 5.74) is 0. The Bertz CT molecular complexity index is 454. The van der Waals surface area contributed by atoms with Crippen LogP contribution in [0.1, 0.15) is 78.6 Å². The third-order valence-corrected chi connectivity index (χ3v) is 5.62. The maximum absolute atomic E-state index is 10.9. The molecule has 0 spiro atoms. The van der Waals surface area contributed by atoms with Gasteiger partial charge in [-0.3, -0.25) is 10.1 Å². The molecular weight excluding hydrogens is 334 g/mol. The molecule has 1 rings (SSSR count).